The summed E-state index contributed by atoms with van der Waals surface area (Å²) in [5.41, 5.74) is 0.937. The van der Waals surface area contributed by atoms with E-state index in [9.17, 15) is 14.4 Å². The molecule has 3 aliphatic heterocycles. The Hall–Kier alpha value is -3.95. The van der Waals surface area contributed by atoms with Gasteiger partial charge in [0.25, 0.3) is 11.8 Å². The third kappa shape index (κ3) is 5.00. The van der Waals surface area contributed by atoms with Crippen molar-refractivity contribution in [2.75, 3.05) is 39.8 Å². The van der Waals surface area contributed by atoms with Crippen LogP contribution >= 0.6 is 0 Å². The molecule has 0 bridgehead atoms. The lowest BCUT2D eigenvalue weighted by atomic mass is 9.87. The summed E-state index contributed by atoms with van der Waals surface area (Å²) in [6.45, 7) is 6.18. The molecule has 0 aromatic heterocycles. The first-order valence-electron chi connectivity index (χ1n) is 12.7. The molecule has 0 radical (unpaired) electrons. The SMILES string of the molecule is CCN(CC)C(=O)C(NC(=O)c1ccc2c(c1)OCO2)C1CCN(C(=O)c2ccc3c(c2)OCO3)CC1. The monoisotopic (exact) mass is 509 g/mol. The Morgan fingerprint density at radius 2 is 1.41 bits per heavy atom. The number of hydrogen-bond donors (Lipinski definition) is 1. The molecule has 1 atom stereocenters. The Bertz CT molecular complexity index is 1190. The molecule has 1 unspecified atom stereocenters. The maximum atomic E-state index is 13.5. The largest absolute Gasteiger partial charge is 0.454 e. The van der Waals surface area contributed by atoms with Crippen LogP contribution in [0.5, 0.6) is 23.0 Å². The number of amides is 3. The van der Waals surface area contributed by atoms with E-state index < -0.39 is 6.04 Å². The van der Waals surface area contributed by atoms with Gasteiger partial charge in [0.05, 0.1) is 0 Å². The first-order valence-corrected chi connectivity index (χ1v) is 12.7. The molecule has 3 aliphatic rings. The summed E-state index contributed by atoms with van der Waals surface area (Å²) < 4.78 is 21.5. The molecule has 10 heteroatoms. The Morgan fingerprint density at radius 1 is 0.865 bits per heavy atom. The van der Waals surface area contributed by atoms with Crippen LogP contribution in [-0.2, 0) is 4.79 Å². The van der Waals surface area contributed by atoms with Crippen molar-refractivity contribution >= 4 is 17.7 Å². The van der Waals surface area contributed by atoms with Crippen molar-refractivity contribution in [3.8, 4) is 23.0 Å². The first-order chi connectivity index (χ1) is 18.0. The van der Waals surface area contributed by atoms with E-state index >= 15 is 0 Å². The van der Waals surface area contributed by atoms with E-state index in [-0.39, 0.29) is 37.2 Å². The Morgan fingerprint density at radius 3 is 2.00 bits per heavy atom. The van der Waals surface area contributed by atoms with E-state index in [1.54, 1.807) is 46.2 Å². The quantitative estimate of drug-likeness (QED) is 0.612. The highest BCUT2D eigenvalue weighted by Gasteiger charge is 2.36. The number of ether oxygens (including phenoxy) is 4. The molecule has 0 aliphatic carbocycles. The molecular formula is C27H31N3O7. The number of likely N-dealkylation sites (tertiary alicyclic amines) is 1. The molecule has 196 valence electrons. The number of benzene rings is 2. The average molecular weight is 510 g/mol. The number of rotatable bonds is 7. The summed E-state index contributed by atoms with van der Waals surface area (Å²) in [6, 6.07) is 9.47. The van der Waals surface area contributed by atoms with Crippen LogP contribution < -0.4 is 24.3 Å². The molecule has 1 saturated heterocycles. The minimum Gasteiger partial charge on any atom is -0.454 e. The number of fused-ring (bicyclic) bond motifs is 2. The Labute approximate surface area is 215 Å². The van der Waals surface area contributed by atoms with E-state index in [1.165, 1.54) is 0 Å². The fourth-order valence-electron chi connectivity index (χ4n) is 5.02. The second-order valence-electron chi connectivity index (χ2n) is 9.23. The molecule has 1 N–H and O–H groups in total. The van der Waals surface area contributed by atoms with E-state index in [4.69, 9.17) is 18.9 Å². The van der Waals surface area contributed by atoms with Gasteiger partial charge in [-0.3, -0.25) is 14.4 Å². The summed E-state index contributed by atoms with van der Waals surface area (Å²) in [5, 5.41) is 2.99. The van der Waals surface area contributed by atoms with E-state index in [0.717, 1.165) is 0 Å². The fraction of sp³-hybridized carbons (Fsp3) is 0.444. The van der Waals surface area contributed by atoms with Crippen LogP contribution in [0, 0.1) is 5.92 Å². The third-order valence-electron chi connectivity index (χ3n) is 7.18. The summed E-state index contributed by atoms with van der Waals surface area (Å²) >= 11 is 0. The molecular weight excluding hydrogens is 478 g/mol. The van der Waals surface area contributed by atoms with Crippen molar-refractivity contribution in [1.82, 2.24) is 15.1 Å². The van der Waals surface area contributed by atoms with Gasteiger partial charge in [-0.15, -0.1) is 0 Å². The van der Waals surface area contributed by atoms with Crippen molar-refractivity contribution in [2.45, 2.75) is 32.7 Å². The van der Waals surface area contributed by atoms with Gasteiger partial charge in [0.2, 0.25) is 19.5 Å². The van der Waals surface area contributed by atoms with E-state index in [1.807, 2.05) is 13.8 Å². The summed E-state index contributed by atoms with van der Waals surface area (Å²) in [6.07, 6.45) is 1.19. The fourth-order valence-corrected chi connectivity index (χ4v) is 5.02. The number of hydrogen-bond acceptors (Lipinski definition) is 7. The molecule has 37 heavy (non-hydrogen) atoms. The highest BCUT2D eigenvalue weighted by Crippen LogP contribution is 2.34. The van der Waals surface area contributed by atoms with Crippen molar-refractivity contribution < 1.29 is 33.3 Å². The minimum absolute atomic E-state index is 0.0900. The molecule has 0 spiro atoms. The lowest BCUT2D eigenvalue weighted by molar-refractivity contribution is -0.134. The van der Waals surface area contributed by atoms with Crippen molar-refractivity contribution in [2.24, 2.45) is 5.92 Å². The Kier molecular flexibility index (Phi) is 7.07. The molecule has 5 rings (SSSR count). The molecule has 10 nitrogen and oxygen atoms in total. The topological polar surface area (TPSA) is 107 Å². The summed E-state index contributed by atoms with van der Waals surface area (Å²) in [4.78, 5) is 43.3. The highest BCUT2D eigenvalue weighted by molar-refractivity contribution is 5.98. The third-order valence-corrected chi connectivity index (χ3v) is 7.18. The number of carbonyl (C=O) groups excluding carboxylic acids is 3. The number of nitrogens with one attached hydrogen (secondary N) is 1. The van der Waals surface area contributed by atoms with Gasteiger partial charge >= 0.3 is 0 Å². The standard InChI is InChI=1S/C27H31N3O7/c1-3-29(4-2)27(33)24(28-25(31)18-5-7-20-22(13-18)36-15-34-20)17-9-11-30(12-10-17)26(32)19-6-8-21-23(14-19)37-16-35-21/h5-8,13-14,17,24H,3-4,9-12,15-16H2,1-2H3,(H,28,31). The van der Waals surface area contributed by atoms with Crippen LogP contribution in [-0.4, -0.2) is 73.3 Å². The zero-order chi connectivity index (χ0) is 25.9. The molecule has 0 saturated carbocycles. The molecule has 3 heterocycles. The van der Waals surface area contributed by atoms with Gasteiger partial charge in [0, 0.05) is 37.3 Å². The highest BCUT2D eigenvalue weighted by atomic mass is 16.7. The van der Waals surface area contributed by atoms with Crippen LogP contribution in [0.3, 0.4) is 0 Å². The maximum absolute atomic E-state index is 13.5. The van der Waals surface area contributed by atoms with Gasteiger partial charge < -0.3 is 34.1 Å². The summed E-state index contributed by atoms with van der Waals surface area (Å²) in [7, 11) is 0. The van der Waals surface area contributed by atoms with Gasteiger partial charge in [-0.25, -0.2) is 0 Å². The van der Waals surface area contributed by atoms with Crippen LogP contribution in [0.1, 0.15) is 47.4 Å². The van der Waals surface area contributed by atoms with Crippen molar-refractivity contribution in [3.63, 3.8) is 0 Å². The van der Waals surface area contributed by atoms with Crippen LogP contribution in [0.25, 0.3) is 0 Å². The Balaban J connectivity index is 1.28. The van der Waals surface area contributed by atoms with Gasteiger partial charge in [0.15, 0.2) is 23.0 Å². The number of nitrogens with zero attached hydrogens (tertiary/aromatic N) is 2. The average Bonchev–Trinajstić information content (AvgIpc) is 3.60. The second-order valence-corrected chi connectivity index (χ2v) is 9.23. The van der Waals surface area contributed by atoms with Crippen molar-refractivity contribution in [3.05, 3.63) is 47.5 Å². The molecule has 2 aromatic carbocycles. The van der Waals surface area contributed by atoms with E-state index in [0.29, 0.717) is 73.1 Å². The first kappa shape index (κ1) is 24.7. The lowest BCUT2D eigenvalue weighted by Crippen LogP contribution is -2.54. The predicted molar refractivity (Wildman–Crippen MR) is 133 cm³/mol. The van der Waals surface area contributed by atoms with Gasteiger partial charge in [-0.1, -0.05) is 0 Å². The number of carbonyl (C=O) groups is 3. The molecule has 2 aromatic rings. The van der Waals surface area contributed by atoms with E-state index in [2.05, 4.69) is 5.32 Å². The lowest BCUT2D eigenvalue weighted by Gasteiger charge is -2.37. The van der Waals surface area contributed by atoms with Crippen LogP contribution in [0.15, 0.2) is 36.4 Å². The summed E-state index contributed by atoms with van der Waals surface area (Å²) in [5.74, 6) is 1.64. The van der Waals surface area contributed by atoms with Gasteiger partial charge in [0.1, 0.15) is 6.04 Å². The number of piperidine rings is 1. The smallest absolute Gasteiger partial charge is 0.253 e. The normalized spacial score (nSPS) is 16.9. The van der Waals surface area contributed by atoms with Gasteiger partial charge in [-0.2, -0.15) is 0 Å². The molecule has 1 fully saturated rings. The zero-order valence-corrected chi connectivity index (χ0v) is 21.0. The molecule has 3 amide bonds. The van der Waals surface area contributed by atoms with Crippen LogP contribution in [0.2, 0.25) is 0 Å². The van der Waals surface area contributed by atoms with Crippen LogP contribution in [0.4, 0.5) is 0 Å². The number of likely N-dealkylation sites (N-methyl/N-ethyl adjacent to an activating group) is 1. The predicted octanol–water partition coefficient (Wildman–Crippen LogP) is 2.66. The minimum atomic E-state index is -0.694. The second kappa shape index (κ2) is 10.6. The maximum Gasteiger partial charge on any atom is 0.253 e. The zero-order valence-electron chi connectivity index (χ0n) is 21.0. The van der Waals surface area contributed by atoms with Crippen molar-refractivity contribution in [1.29, 1.82) is 0 Å². The van der Waals surface area contributed by atoms with Gasteiger partial charge in [-0.05, 0) is 69.0 Å².